The summed E-state index contributed by atoms with van der Waals surface area (Å²) in [5, 5.41) is 19.4. The first-order valence-corrected chi connectivity index (χ1v) is 5.21. The van der Waals surface area contributed by atoms with E-state index in [9.17, 15) is 15.0 Å². The van der Waals surface area contributed by atoms with Gasteiger partial charge in [-0.2, -0.15) is 0 Å². The van der Waals surface area contributed by atoms with Crippen molar-refractivity contribution >= 4 is 5.97 Å². The average molecular weight is 250 g/mol. The van der Waals surface area contributed by atoms with Gasteiger partial charge in [0.1, 0.15) is 31.0 Å². The zero-order valence-corrected chi connectivity index (χ0v) is 10.0. The van der Waals surface area contributed by atoms with Crippen molar-refractivity contribution in [2.24, 2.45) is 0 Å². The summed E-state index contributed by atoms with van der Waals surface area (Å²) in [7, 11) is 2.72. The first kappa shape index (κ1) is 14.3. The number of carbonyl (C=O) groups is 1. The molecule has 7 nitrogen and oxygen atoms in total. The molecule has 100 valence electrons. The summed E-state index contributed by atoms with van der Waals surface area (Å²) in [5.74, 6) is -0.460. The minimum atomic E-state index is -1.21. The molecule has 0 aromatic rings. The summed E-state index contributed by atoms with van der Waals surface area (Å²) in [4.78, 5) is 10.7. The second-order valence-corrected chi connectivity index (χ2v) is 3.76. The lowest BCUT2D eigenvalue weighted by atomic mass is 9.99. The van der Waals surface area contributed by atoms with E-state index in [1.807, 2.05) is 0 Å². The molecule has 1 saturated heterocycles. The van der Waals surface area contributed by atoms with Crippen LogP contribution in [0.2, 0.25) is 0 Å². The minimum Gasteiger partial charge on any atom is -0.463 e. The molecule has 0 bridgehead atoms. The Morgan fingerprint density at radius 3 is 2.35 bits per heavy atom. The highest BCUT2D eigenvalue weighted by Crippen LogP contribution is 2.23. The molecule has 0 spiro atoms. The van der Waals surface area contributed by atoms with Gasteiger partial charge in [-0.3, -0.25) is 4.79 Å². The zero-order chi connectivity index (χ0) is 13.0. The number of aliphatic hydroxyl groups is 2. The molecule has 1 fully saturated rings. The quantitative estimate of drug-likeness (QED) is 0.596. The van der Waals surface area contributed by atoms with Crippen molar-refractivity contribution in [3.63, 3.8) is 0 Å². The second kappa shape index (κ2) is 6.27. The van der Waals surface area contributed by atoms with Crippen LogP contribution in [-0.4, -0.2) is 67.7 Å². The first-order chi connectivity index (χ1) is 8.01. The lowest BCUT2D eigenvalue weighted by Gasteiger charge is -2.40. The third-order valence-electron chi connectivity index (χ3n) is 2.60. The van der Waals surface area contributed by atoms with E-state index >= 15 is 0 Å². The van der Waals surface area contributed by atoms with Crippen LogP contribution in [0.5, 0.6) is 0 Å². The van der Waals surface area contributed by atoms with Crippen molar-refractivity contribution in [2.45, 2.75) is 37.6 Å². The van der Waals surface area contributed by atoms with Crippen molar-refractivity contribution < 1.29 is 34.0 Å². The smallest absolute Gasteiger partial charge is 0.302 e. The maximum Gasteiger partial charge on any atom is 0.302 e. The fourth-order valence-corrected chi connectivity index (χ4v) is 1.73. The van der Waals surface area contributed by atoms with Crippen molar-refractivity contribution in [1.82, 2.24) is 0 Å². The van der Waals surface area contributed by atoms with Crippen LogP contribution >= 0.6 is 0 Å². The highest BCUT2D eigenvalue weighted by atomic mass is 16.7. The molecule has 2 N–H and O–H groups in total. The van der Waals surface area contributed by atoms with E-state index in [2.05, 4.69) is 0 Å². The largest absolute Gasteiger partial charge is 0.463 e. The summed E-state index contributed by atoms with van der Waals surface area (Å²) < 4.78 is 20.0. The lowest BCUT2D eigenvalue weighted by Crippen LogP contribution is -2.59. The summed E-state index contributed by atoms with van der Waals surface area (Å²) in [5.41, 5.74) is 0. The number of ether oxygens (including phenoxy) is 4. The van der Waals surface area contributed by atoms with Crippen molar-refractivity contribution in [2.75, 3.05) is 20.8 Å². The molecule has 5 unspecified atom stereocenters. The van der Waals surface area contributed by atoms with Crippen LogP contribution in [0.1, 0.15) is 6.92 Å². The van der Waals surface area contributed by atoms with Gasteiger partial charge in [-0.1, -0.05) is 0 Å². The Labute approximate surface area is 99.2 Å². The van der Waals surface area contributed by atoms with E-state index in [0.29, 0.717) is 0 Å². The minimum absolute atomic E-state index is 0.0719. The Bertz CT molecular complexity index is 257. The Hall–Kier alpha value is -0.730. The molecule has 0 amide bonds. The number of aliphatic hydroxyl groups excluding tert-OH is 2. The molecule has 1 aliphatic heterocycles. The van der Waals surface area contributed by atoms with E-state index in [-0.39, 0.29) is 6.61 Å². The van der Waals surface area contributed by atoms with E-state index in [4.69, 9.17) is 18.9 Å². The number of hydrogen-bond acceptors (Lipinski definition) is 7. The molecule has 0 aliphatic carbocycles. The van der Waals surface area contributed by atoms with Gasteiger partial charge in [-0.25, -0.2) is 0 Å². The molecule has 1 aliphatic rings. The number of hydrogen-bond donors (Lipinski definition) is 2. The first-order valence-electron chi connectivity index (χ1n) is 5.21. The number of carbonyl (C=O) groups excluding carboxylic acids is 1. The van der Waals surface area contributed by atoms with Crippen LogP contribution in [0.3, 0.4) is 0 Å². The van der Waals surface area contributed by atoms with E-state index < -0.39 is 36.7 Å². The standard InChI is InChI=1S/C10H18O7/c1-5(11)16-4-6-9(14-2)7(12)8(13)10(15-3)17-6/h6-10,12-13H,4H2,1-3H3. The Balaban J connectivity index is 2.68. The van der Waals surface area contributed by atoms with Gasteiger partial charge in [0.15, 0.2) is 6.29 Å². The van der Waals surface area contributed by atoms with Crippen LogP contribution in [0.25, 0.3) is 0 Å². The van der Waals surface area contributed by atoms with Crippen molar-refractivity contribution in [1.29, 1.82) is 0 Å². The van der Waals surface area contributed by atoms with Crippen molar-refractivity contribution in [3.05, 3.63) is 0 Å². The predicted octanol–water partition coefficient (Wildman–Crippen LogP) is -1.34. The molecule has 0 aromatic heterocycles. The Morgan fingerprint density at radius 1 is 1.24 bits per heavy atom. The van der Waals surface area contributed by atoms with Crippen molar-refractivity contribution in [3.8, 4) is 0 Å². The molecule has 1 rings (SSSR count). The number of esters is 1. The monoisotopic (exact) mass is 250 g/mol. The van der Waals surface area contributed by atoms with Gasteiger partial charge in [-0.05, 0) is 0 Å². The SMILES string of the molecule is COC1OC(COC(C)=O)C(OC)C(O)C1O. The van der Waals surface area contributed by atoms with E-state index in [0.717, 1.165) is 0 Å². The van der Waals surface area contributed by atoms with Gasteiger partial charge < -0.3 is 29.2 Å². The maximum atomic E-state index is 10.7. The molecule has 17 heavy (non-hydrogen) atoms. The van der Waals surface area contributed by atoms with E-state index in [1.54, 1.807) is 0 Å². The molecular weight excluding hydrogens is 232 g/mol. The fraction of sp³-hybridized carbons (Fsp3) is 0.900. The predicted molar refractivity (Wildman–Crippen MR) is 55.1 cm³/mol. The van der Waals surface area contributed by atoms with Crippen LogP contribution in [0, 0.1) is 0 Å². The van der Waals surface area contributed by atoms with Gasteiger partial charge >= 0.3 is 5.97 Å². The fourth-order valence-electron chi connectivity index (χ4n) is 1.73. The third kappa shape index (κ3) is 3.36. The molecule has 1 heterocycles. The number of methoxy groups -OCH3 is 2. The zero-order valence-electron chi connectivity index (χ0n) is 10.0. The van der Waals surface area contributed by atoms with E-state index in [1.165, 1.54) is 21.1 Å². The third-order valence-corrected chi connectivity index (χ3v) is 2.60. The van der Waals surface area contributed by atoms with Crippen LogP contribution in [0.15, 0.2) is 0 Å². The highest BCUT2D eigenvalue weighted by molar-refractivity contribution is 5.65. The van der Waals surface area contributed by atoms with Gasteiger partial charge in [-0.15, -0.1) is 0 Å². The number of rotatable bonds is 4. The molecule has 0 radical (unpaired) electrons. The molecular formula is C10H18O7. The Morgan fingerprint density at radius 2 is 1.88 bits per heavy atom. The summed E-state index contributed by atoms with van der Waals surface area (Å²) in [6.07, 6.45) is -4.82. The van der Waals surface area contributed by atoms with Gasteiger partial charge in [0.25, 0.3) is 0 Å². The van der Waals surface area contributed by atoms with Crippen LogP contribution in [0.4, 0.5) is 0 Å². The van der Waals surface area contributed by atoms with Gasteiger partial charge in [0.05, 0.1) is 0 Å². The highest BCUT2D eigenvalue weighted by Gasteiger charge is 2.45. The normalized spacial score (nSPS) is 37.8. The molecule has 0 aromatic carbocycles. The molecule has 7 heteroatoms. The summed E-state index contributed by atoms with van der Waals surface area (Å²) in [6, 6.07) is 0. The molecule has 5 atom stereocenters. The lowest BCUT2D eigenvalue weighted by molar-refractivity contribution is -0.298. The summed E-state index contributed by atoms with van der Waals surface area (Å²) >= 11 is 0. The second-order valence-electron chi connectivity index (χ2n) is 3.76. The average Bonchev–Trinajstić information content (AvgIpc) is 2.30. The van der Waals surface area contributed by atoms with Crippen LogP contribution in [-0.2, 0) is 23.7 Å². The summed E-state index contributed by atoms with van der Waals surface area (Å²) in [6.45, 7) is 1.20. The topological polar surface area (TPSA) is 94.5 Å². The van der Waals surface area contributed by atoms with Gasteiger partial charge in [0, 0.05) is 21.1 Å². The Kier molecular flexibility index (Phi) is 5.29. The molecule has 0 saturated carbocycles. The van der Waals surface area contributed by atoms with Gasteiger partial charge in [0.2, 0.25) is 0 Å². The maximum absolute atomic E-state index is 10.7. The van der Waals surface area contributed by atoms with Crippen LogP contribution < -0.4 is 0 Å².